The van der Waals surface area contributed by atoms with Crippen LogP contribution >= 0.6 is 0 Å². The molecule has 0 aromatic heterocycles. The normalized spacial score (nSPS) is 22.4. The van der Waals surface area contributed by atoms with Crippen molar-refractivity contribution >= 4 is 5.78 Å². The van der Waals surface area contributed by atoms with E-state index in [0.29, 0.717) is 11.5 Å². The second-order valence-electron chi connectivity index (χ2n) is 5.84. The molecule has 1 saturated carbocycles. The van der Waals surface area contributed by atoms with Crippen LogP contribution in [-0.4, -0.2) is 20.0 Å². The van der Waals surface area contributed by atoms with E-state index in [-0.39, 0.29) is 11.7 Å². The third kappa shape index (κ3) is 2.97. The summed E-state index contributed by atoms with van der Waals surface area (Å²) in [7, 11) is 3.21. The third-order valence-corrected chi connectivity index (χ3v) is 4.38. The number of carbonyl (C=O) groups excluding carboxylic acids is 1. The molecular formula is C17H24O3. The van der Waals surface area contributed by atoms with Crippen LogP contribution in [0.5, 0.6) is 11.5 Å². The van der Waals surface area contributed by atoms with Crippen molar-refractivity contribution in [3.05, 3.63) is 23.3 Å². The van der Waals surface area contributed by atoms with Gasteiger partial charge < -0.3 is 9.47 Å². The van der Waals surface area contributed by atoms with Gasteiger partial charge in [-0.25, -0.2) is 0 Å². The molecule has 1 fully saturated rings. The number of ether oxygens (including phenoxy) is 2. The summed E-state index contributed by atoms with van der Waals surface area (Å²) in [5, 5.41) is 0. The minimum atomic E-state index is 0.169. The number of hydrogen-bond acceptors (Lipinski definition) is 3. The maximum absolute atomic E-state index is 12.7. The molecule has 1 aliphatic carbocycles. The van der Waals surface area contributed by atoms with E-state index in [2.05, 4.69) is 6.92 Å². The number of rotatable bonds is 4. The fourth-order valence-corrected chi connectivity index (χ4v) is 2.99. The van der Waals surface area contributed by atoms with Gasteiger partial charge in [-0.05, 0) is 43.4 Å². The Morgan fingerprint density at radius 1 is 1.05 bits per heavy atom. The van der Waals surface area contributed by atoms with Crippen molar-refractivity contribution in [3.63, 3.8) is 0 Å². The molecule has 0 radical (unpaired) electrons. The largest absolute Gasteiger partial charge is 0.493 e. The minimum absolute atomic E-state index is 0.169. The first kappa shape index (κ1) is 14.9. The third-order valence-electron chi connectivity index (χ3n) is 4.38. The van der Waals surface area contributed by atoms with Crippen LogP contribution in [0.4, 0.5) is 0 Å². The van der Waals surface area contributed by atoms with E-state index >= 15 is 0 Å². The molecule has 110 valence electrons. The van der Waals surface area contributed by atoms with E-state index in [1.807, 2.05) is 19.1 Å². The van der Waals surface area contributed by atoms with Crippen LogP contribution in [0.15, 0.2) is 12.1 Å². The highest BCUT2D eigenvalue weighted by molar-refractivity contribution is 5.99. The average molecular weight is 276 g/mol. The molecule has 0 aliphatic heterocycles. The molecule has 0 spiro atoms. The maximum atomic E-state index is 12.7. The highest BCUT2D eigenvalue weighted by atomic mass is 16.5. The molecule has 0 amide bonds. The number of hydrogen-bond donors (Lipinski definition) is 0. The van der Waals surface area contributed by atoms with Gasteiger partial charge >= 0.3 is 0 Å². The fourth-order valence-electron chi connectivity index (χ4n) is 2.99. The maximum Gasteiger partial charge on any atom is 0.166 e. The Morgan fingerprint density at radius 2 is 1.60 bits per heavy atom. The first-order valence-corrected chi connectivity index (χ1v) is 7.33. The van der Waals surface area contributed by atoms with Gasteiger partial charge in [0.1, 0.15) is 0 Å². The van der Waals surface area contributed by atoms with E-state index in [4.69, 9.17) is 9.47 Å². The number of methoxy groups -OCH3 is 2. The quantitative estimate of drug-likeness (QED) is 0.779. The van der Waals surface area contributed by atoms with Gasteiger partial charge in [-0.2, -0.15) is 0 Å². The Morgan fingerprint density at radius 3 is 2.15 bits per heavy atom. The summed E-state index contributed by atoms with van der Waals surface area (Å²) in [6.45, 7) is 4.23. The molecule has 1 aromatic rings. The van der Waals surface area contributed by atoms with Gasteiger partial charge in [-0.15, -0.1) is 0 Å². The summed E-state index contributed by atoms with van der Waals surface area (Å²) in [6, 6.07) is 3.71. The van der Waals surface area contributed by atoms with Gasteiger partial charge in [-0.1, -0.05) is 19.8 Å². The van der Waals surface area contributed by atoms with Crippen molar-refractivity contribution in [3.8, 4) is 11.5 Å². The summed E-state index contributed by atoms with van der Waals surface area (Å²) in [5.41, 5.74) is 1.74. The van der Waals surface area contributed by atoms with Crippen molar-refractivity contribution in [1.82, 2.24) is 0 Å². The molecule has 0 unspecified atom stereocenters. The van der Waals surface area contributed by atoms with Gasteiger partial charge in [-0.3, -0.25) is 4.79 Å². The van der Waals surface area contributed by atoms with Crippen LogP contribution in [-0.2, 0) is 0 Å². The molecule has 0 saturated heterocycles. The van der Waals surface area contributed by atoms with E-state index < -0.39 is 0 Å². The SMILES string of the molecule is COc1cc(C)c(C(=O)C2CCC(C)CC2)cc1OC. The lowest BCUT2D eigenvalue weighted by atomic mass is 9.79. The summed E-state index contributed by atoms with van der Waals surface area (Å²) in [4.78, 5) is 12.7. The Kier molecular flexibility index (Phi) is 4.69. The van der Waals surface area contributed by atoms with Gasteiger partial charge in [0.05, 0.1) is 14.2 Å². The van der Waals surface area contributed by atoms with Crippen molar-refractivity contribution in [1.29, 1.82) is 0 Å². The fraction of sp³-hybridized carbons (Fsp3) is 0.588. The van der Waals surface area contributed by atoms with E-state index in [1.165, 1.54) is 0 Å². The van der Waals surface area contributed by atoms with Crippen LogP contribution in [0.2, 0.25) is 0 Å². The van der Waals surface area contributed by atoms with Crippen LogP contribution < -0.4 is 9.47 Å². The van der Waals surface area contributed by atoms with Gasteiger partial charge in [0.15, 0.2) is 17.3 Å². The molecule has 20 heavy (non-hydrogen) atoms. The molecule has 3 nitrogen and oxygen atoms in total. The molecular weight excluding hydrogens is 252 g/mol. The lowest BCUT2D eigenvalue weighted by molar-refractivity contribution is 0.0874. The lowest BCUT2D eigenvalue weighted by Crippen LogP contribution is -2.21. The van der Waals surface area contributed by atoms with Crippen molar-refractivity contribution < 1.29 is 14.3 Å². The highest BCUT2D eigenvalue weighted by Crippen LogP contribution is 2.35. The summed E-state index contributed by atoms with van der Waals surface area (Å²) >= 11 is 0. The number of benzene rings is 1. The van der Waals surface area contributed by atoms with Crippen molar-refractivity contribution in [2.45, 2.75) is 39.5 Å². The van der Waals surface area contributed by atoms with E-state index in [1.54, 1.807) is 14.2 Å². The van der Waals surface area contributed by atoms with E-state index in [0.717, 1.165) is 42.7 Å². The van der Waals surface area contributed by atoms with Crippen molar-refractivity contribution in [2.24, 2.45) is 11.8 Å². The molecule has 3 heteroatoms. The Bertz CT molecular complexity index is 485. The molecule has 0 N–H and O–H groups in total. The second-order valence-corrected chi connectivity index (χ2v) is 5.84. The van der Waals surface area contributed by atoms with Crippen LogP contribution in [0.1, 0.15) is 48.5 Å². The summed E-state index contributed by atoms with van der Waals surface area (Å²) < 4.78 is 10.6. The van der Waals surface area contributed by atoms with Gasteiger partial charge in [0.2, 0.25) is 0 Å². The van der Waals surface area contributed by atoms with Crippen LogP contribution in [0.25, 0.3) is 0 Å². The second kappa shape index (κ2) is 6.29. The highest BCUT2D eigenvalue weighted by Gasteiger charge is 2.27. The predicted octanol–water partition coefficient (Wildman–Crippen LogP) is 4.02. The first-order chi connectivity index (χ1) is 9.56. The monoisotopic (exact) mass is 276 g/mol. The van der Waals surface area contributed by atoms with Gasteiger partial charge in [0, 0.05) is 11.5 Å². The Labute approximate surface area is 121 Å². The Balaban J connectivity index is 2.25. The molecule has 1 aliphatic rings. The summed E-state index contributed by atoms with van der Waals surface area (Å²) in [5.74, 6) is 2.49. The van der Waals surface area contributed by atoms with Crippen LogP contribution in [0, 0.1) is 18.8 Å². The molecule has 0 bridgehead atoms. The van der Waals surface area contributed by atoms with Crippen molar-refractivity contribution in [2.75, 3.05) is 14.2 Å². The molecule has 2 rings (SSSR count). The van der Waals surface area contributed by atoms with Gasteiger partial charge in [0.25, 0.3) is 0 Å². The number of ketones is 1. The predicted molar refractivity (Wildman–Crippen MR) is 79.7 cm³/mol. The Hall–Kier alpha value is -1.51. The topological polar surface area (TPSA) is 35.5 Å². The number of aryl methyl sites for hydroxylation is 1. The number of carbonyl (C=O) groups is 1. The molecule has 0 heterocycles. The summed E-state index contributed by atoms with van der Waals surface area (Å²) in [6.07, 6.45) is 4.33. The standard InChI is InChI=1S/C17H24O3/c1-11-5-7-13(8-6-11)17(18)14-10-16(20-4)15(19-3)9-12(14)2/h9-11,13H,5-8H2,1-4H3. The van der Waals surface area contributed by atoms with E-state index in [9.17, 15) is 4.79 Å². The zero-order valence-electron chi connectivity index (χ0n) is 12.9. The lowest BCUT2D eigenvalue weighted by Gasteiger charge is -2.25. The first-order valence-electron chi connectivity index (χ1n) is 7.33. The smallest absolute Gasteiger partial charge is 0.166 e. The minimum Gasteiger partial charge on any atom is -0.493 e. The zero-order valence-corrected chi connectivity index (χ0v) is 12.9. The number of Topliss-reactive ketones (excluding diaryl/α,β-unsaturated/α-hetero) is 1. The zero-order chi connectivity index (χ0) is 14.7. The van der Waals surface area contributed by atoms with Crippen LogP contribution in [0.3, 0.4) is 0 Å². The average Bonchev–Trinajstić information content (AvgIpc) is 2.47. The molecule has 0 atom stereocenters. The molecule has 1 aromatic carbocycles.